The molecule has 0 aliphatic rings. The van der Waals surface area contributed by atoms with Gasteiger partial charge in [0.25, 0.3) is 0 Å². The molecule has 0 aliphatic heterocycles. The van der Waals surface area contributed by atoms with Gasteiger partial charge < -0.3 is 4.57 Å². The molecular formula is C22H23ClIN6P. The zero-order valence-corrected chi connectivity index (χ0v) is 21.5. The van der Waals surface area contributed by atoms with E-state index in [1.165, 1.54) is 13.7 Å². The van der Waals surface area contributed by atoms with Gasteiger partial charge in [0.2, 0.25) is 5.82 Å². The van der Waals surface area contributed by atoms with Crippen molar-refractivity contribution in [2.45, 2.75) is 39.7 Å². The van der Waals surface area contributed by atoms with Crippen molar-refractivity contribution in [3.63, 3.8) is 0 Å². The summed E-state index contributed by atoms with van der Waals surface area (Å²) in [5.74, 6) is 1.66. The largest absolute Gasteiger partial charge is 0.326 e. The SMILES string of the molecule is CCCCc1nc(Cl)c(C)n1Cc1ccc(-c2ccccc2-c2nnn(P)n2)cc1I. The molecule has 6 nitrogen and oxygen atoms in total. The van der Waals surface area contributed by atoms with Crippen molar-refractivity contribution < 1.29 is 0 Å². The van der Waals surface area contributed by atoms with E-state index in [9.17, 15) is 0 Å². The van der Waals surface area contributed by atoms with Crippen molar-refractivity contribution in [1.82, 2.24) is 29.5 Å². The number of hydrogen-bond donors (Lipinski definition) is 0. The van der Waals surface area contributed by atoms with Crippen LogP contribution in [0.25, 0.3) is 22.5 Å². The van der Waals surface area contributed by atoms with Crippen molar-refractivity contribution in [2.24, 2.45) is 0 Å². The summed E-state index contributed by atoms with van der Waals surface area (Å²) in [6, 6.07) is 14.7. The molecule has 2 heterocycles. The molecule has 0 bridgehead atoms. The highest BCUT2D eigenvalue weighted by atomic mass is 127. The first-order chi connectivity index (χ1) is 15.0. The molecular weight excluding hydrogens is 542 g/mol. The van der Waals surface area contributed by atoms with Crippen molar-refractivity contribution in [3.8, 4) is 22.5 Å². The van der Waals surface area contributed by atoms with Crippen LogP contribution in [0, 0.1) is 10.5 Å². The van der Waals surface area contributed by atoms with E-state index in [0.29, 0.717) is 11.0 Å². The lowest BCUT2D eigenvalue weighted by molar-refractivity contribution is 0.666. The fourth-order valence-corrected chi connectivity index (χ4v) is 4.62. The molecule has 4 aromatic rings. The lowest BCUT2D eigenvalue weighted by atomic mass is 9.98. The predicted octanol–water partition coefficient (Wildman–Crippen LogP) is 5.80. The highest BCUT2D eigenvalue weighted by Gasteiger charge is 2.16. The molecule has 2 aromatic carbocycles. The Hall–Kier alpha value is -1.83. The van der Waals surface area contributed by atoms with Gasteiger partial charge in [-0.25, -0.2) is 4.98 Å². The molecule has 1 atom stereocenters. The second kappa shape index (κ2) is 9.76. The first kappa shape index (κ1) is 22.4. The molecule has 0 spiro atoms. The van der Waals surface area contributed by atoms with E-state index in [1.54, 1.807) is 0 Å². The summed E-state index contributed by atoms with van der Waals surface area (Å²) < 4.78 is 4.83. The second-order valence-electron chi connectivity index (χ2n) is 7.38. The fourth-order valence-electron chi connectivity index (χ4n) is 3.57. The Morgan fingerprint density at radius 2 is 1.90 bits per heavy atom. The van der Waals surface area contributed by atoms with E-state index in [1.807, 2.05) is 25.1 Å². The molecule has 0 fully saturated rings. The summed E-state index contributed by atoms with van der Waals surface area (Å²) in [5.41, 5.74) is 5.42. The van der Waals surface area contributed by atoms with Gasteiger partial charge in [-0.3, -0.25) is 0 Å². The van der Waals surface area contributed by atoms with E-state index in [-0.39, 0.29) is 0 Å². The predicted molar refractivity (Wildman–Crippen MR) is 136 cm³/mol. The minimum Gasteiger partial charge on any atom is -0.326 e. The van der Waals surface area contributed by atoms with Crippen LogP contribution in [0.3, 0.4) is 0 Å². The van der Waals surface area contributed by atoms with Gasteiger partial charge in [0.05, 0.1) is 12.2 Å². The number of hydrogen-bond acceptors (Lipinski definition) is 4. The minimum absolute atomic E-state index is 0.598. The molecule has 0 amide bonds. The quantitative estimate of drug-likeness (QED) is 0.210. The maximum absolute atomic E-state index is 6.35. The number of benzene rings is 2. The van der Waals surface area contributed by atoms with Crippen LogP contribution in [-0.4, -0.2) is 29.5 Å². The van der Waals surface area contributed by atoms with Crippen LogP contribution in [0.4, 0.5) is 0 Å². The van der Waals surface area contributed by atoms with Gasteiger partial charge in [-0.05, 0) is 63.9 Å². The number of aromatic nitrogens is 6. The molecule has 0 radical (unpaired) electrons. The average Bonchev–Trinajstić information content (AvgIpc) is 3.32. The van der Waals surface area contributed by atoms with Crippen molar-refractivity contribution in [1.29, 1.82) is 0 Å². The van der Waals surface area contributed by atoms with E-state index >= 15 is 0 Å². The molecule has 31 heavy (non-hydrogen) atoms. The Morgan fingerprint density at radius 1 is 1.13 bits per heavy atom. The van der Waals surface area contributed by atoms with Crippen LogP contribution < -0.4 is 0 Å². The lowest BCUT2D eigenvalue weighted by Crippen LogP contribution is -2.08. The van der Waals surface area contributed by atoms with Crippen LogP contribution >= 0.6 is 43.6 Å². The second-order valence-corrected chi connectivity index (χ2v) is 9.36. The normalized spacial score (nSPS) is 11.3. The summed E-state index contributed by atoms with van der Waals surface area (Å²) in [6.07, 6.45) is 3.18. The zero-order valence-electron chi connectivity index (χ0n) is 17.4. The molecule has 1 unspecified atom stereocenters. The highest BCUT2D eigenvalue weighted by Crippen LogP contribution is 2.32. The first-order valence-corrected chi connectivity index (χ1v) is 12.1. The third-order valence-corrected chi connectivity index (χ3v) is 6.87. The van der Waals surface area contributed by atoms with E-state index in [0.717, 1.165) is 54.0 Å². The average molecular weight is 565 g/mol. The summed E-state index contributed by atoms with van der Waals surface area (Å²) in [6.45, 7) is 4.98. The van der Waals surface area contributed by atoms with Crippen LogP contribution in [-0.2, 0) is 13.0 Å². The van der Waals surface area contributed by atoms with Crippen molar-refractivity contribution >= 4 is 43.6 Å². The third-order valence-electron chi connectivity index (χ3n) is 5.28. The maximum atomic E-state index is 6.35. The maximum Gasteiger partial charge on any atom is 0.205 e. The summed E-state index contributed by atoms with van der Waals surface area (Å²) in [5, 5.41) is 13.1. The monoisotopic (exact) mass is 564 g/mol. The summed E-state index contributed by atoms with van der Waals surface area (Å²) in [4.78, 5) is 4.59. The molecule has 0 saturated carbocycles. The third kappa shape index (κ3) is 4.83. The fraction of sp³-hybridized carbons (Fsp3) is 0.273. The van der Waals surface area contributed by atoms with Crippen LogP contribution in [0.2, 0.25) is 5.15 Å². The minimum atomic E-state index is 0.598. The molecule has 160 valence electrons. The highest BCUT2D eigenvalue weighted by molar-refractivity contribution is 14.1. The van der Waals surface area contributed by atoms with E-state index < -0.39 is 0 Å². The van der Waals surface area contributed by atoms with Gasteiger partial charge in [0.1, 0.15) is 11.0 Å². The Balaban J connectivity index is 1.67. The molecule has 2 aromatic heterocycles. The Bertz CT molecular complexity index is 1220. The summed E-state index contributed by atoms with van der Waals surface area (Å²) in [7, 11) is 2.41. The van der Waals surface area contributed by atoms with Gasteiger partial charge in [-0.2, -0.15) is 4.57 Å². The van der Waals surface area contributed by atoms with Gasteiger partial charge in [-0.15, -0.1) is 10.2 Å². The van der Waals surface area contributed by atoms with Gasteiger partial charge >= 0.3 is 0 Å². The number of nitrogens with zero attached hydrogens (tertiary/aromatic N) is 6. The Labute approximate surface area is 202 Å². The number of halogens is 2. The number of tetrazole rings is 1. The van der Waals surface area contributed by atoms with Gasteiger partial charge in [0.15, 0.2) is 0 Å². The first-order valence-electron chi connectivity index (χ1n) is 10.1. The van der Waals surface area contributed by atoms with Crippen LogP contribution in [0.15, 0.2) is 42.5 Å². The Kier molecular flexibility index (Phi) is 7.04. The number of aryl methyl sites for hydroxylation is 1. The van der Waals surface area contributed by atoms with Crippen molar-refractivity contribution in [3.05, 3.63) is 68.3 Å². The van der Waals surface area contributed by atoms with Crippen LogP contribution in [0.5, 0.6) is 0 Å². The molecule has 9 heteroatoms. The Morgan fingerprint density at radius 3 is 2.58 bits per heavy atom. The number of unbranched alkanes of at least 4 members (excludes halogenated alkanes) is 1. The number of rotatable bonds is 7. The van der Waals surface area contributed by atoms with Gasteiger partial charge in [-0.1, -0.05) is 61.3 Å². The van der Waals surface area contributed by atoms with E-state index in [4.69, 9.17) is 11.6 Å². The number of imidazole rings is 1. The lowest BCUT2D eigenvalue weighted by Gasteiger charge is -2.14. The zero-order chi connectivity index (χ0) is 22.0. The van der Waals surface area contributed by atoms with E-state index in [2.05, 4.69) is 88.1 Å². The van der Waals surface area contributed by atoms with Crippen LogP contribution in [0.1, 0.15) is 36.8 Å². The molecule has 4 rings (SSSR count). The molecule has 0 N–H and O–H groups in total. The molecule has 0 aliphatic carbocycles. The summed E-state index contributed by atoms with van der Waals surface area (Å²) >= 11 is 8.76. The van der Waals surface area contributed by atoms with Gasteiger partial charge in [0, 0.05) is 24.9 Å². The topological polar surface area (TPSA) is 61.4 Å². The standard InChI is InChI=1S/C22H23ClIN6P/c1-3-4-9-20-25-21(23)14(2)29(20)13-16-11-10-15(12-19(16)24)17-7-5-6-8-18(17)22-26-28-30(31)27-22/h5-8,10-12H,3-4,9,13,31H2,1-2H3. The van der Waals surface area contributed by atoms with Crippen molar-refractivity contribution in [2.75, 3.05) is 0 Å². The molecule has 0 saturated heterocycles. The smallest absolute Gasteiger partial charge is 0.205 e.